The fourth-order valence-corrected chi connectivity index (χ4v) is 2.53. The first-order chi connectivity index (χ1) is 8.27. The van der Waals surface area contributed by atoms with Gasteiger partial charge < -0.3 is 15.2 Å². The van der Waals surface area contributed by atoms with Crippen molar-refractivity contribution >= 4 is 11.6 Å². The molecule has 0 radical (unpaired) electrons. The molecule has 0 fully saturated rings. The molecule has 2 N–H and O–H groups in total. The van der Waals surface area contributed by atoms with Crippen LogP contribution in [0.4, 0.5) is 0 Å². The summed E-state index contributed by atoms with van der Waals surface area (Å²) in [6.07, 6.45) is 2.80. The largest absolute Gasteiger partial charge is 0.486 e. The maximum atomic E-state index is 6.37. The molecule has 0 aliphatic carbocycles. The molecule has 0 amide bonds. The minimum atomic E-state index is 0.567. The van der Waals surface area contributed by atoms with Gasteiger partial charge in [-0.3, -0.25) is 0 Å². The van der Waals surface area contributed by atoms with Crippen molar-refractivity contribution in [3.05, 3.63) is 22.2 Å². The number of benzene rings is 1. The van der Waals surface area contributed by atoms with Gasteiger partial charge in [0.1, 0.15) is 13.2 Å². The van der Waals surface area contributed by atoms with E-state index in [1.807, 2.05) is 0 Å². The molecule has 0 unspecified atom stereocenters. The zero-order chi connectivity index (χ0) is 12.3. The third-order valence-electron chi connectivity index (χ3n) is 2.97. The normalized spacial score (nSPS) is 13.8. The quantitative estimate of drug-likeness (QED) is 0.899. The monoisotopic (exact) mass is 255 g/mol. The van der Waals surface area contributed by atoms with E-state index in [1.165, 1.54) is 5.56 Å². The van der Waals surface area contributed by atoms with Crippen LogP contribution in [0.15, 0.2) is 6.07 Å². The van der Waals surface area contributed by atoms with Gasteiger partial charge in [0.15, 0.2) is 11.5 Å². The number of rotatable bonds is 4. The summed E-state index contributed by atoms with van der Waals surface area (Å²) >= 11 is 6.37. The molecule has 1 aliphatic heterocycles. The lowest BCUT2D eigenvalue weighted by Crippen LogP contribution is -2.17. The van der Waals surface area contributed by atoms with Gasteiger partial charge >= 0.3 is 0 Å². The second-order valence-electron chi connectivity index (χ2n) is 4.10. The Morgan fingerprint density at radius 2 is 2.12 bits per heavy atom. The summed E-state index contributed by atoms with van der Waals surface area (Å²) < 4.78 is 11.2. The van der Waals surface area contributed by atoms with E-state index < -0.39 is 0 Å². The summed E-state index contributed by atoms with van der Waals surface area (Å²) in [7, 11) is 0. The summed E-state index contributed by atoms with van der Waals surface area (Å²) in [4.78, 5) is 0. The van der Waals surface area contributed by atoms with Gasteiger partial charge in [0.25, 0.3) is 0 Å². The maximum absolute atomic E-state index is 6.37. The topological polar surface area (TPSA) is 44.5 Å². The molecule has 2 rings (SSSR count). The second-order valence-corrected chi connectivity index (χ2v) is 4.48. The highest BCUT2D eigenvalue weighted by Gasteiger charge is 2.20. The molecule has 94 valence electrons. The fourth-order valence-electron chi connectivity index (χ4n) is 2.13. The Labute approximate surface area is 107 Å². The molecule has 4 heteroatoms. The molecule has 1 aromatic carbocycles. The summed E-state index contributed by atoms with van der Waals surface area (Å²) in [5.74, 6) is 1.47. The van der Waals surface area contributed by atoms with E-state index in [9.17, 15) is 0 Å². The summed E-state index contributed by atoms with van der Waals surface area (Å²) in [6, 6.07) is 2.05. The van der Waals surface area contributed by atoms with Crippen molar-refractivity contribution in [2.45, 2.75) is 26.2 Å². The number of hydrogen-bond donors (Lipinski definition) is 1. The van der Waals surface area contributed by atoms with E-state index in [0.717, 1.165) is 30.6 Å². The molecular weight excluding hydrogens is 238 g/mol. The zero-order valence-electron chi connectivity index (χ0n) is 10.1. The molecule has 0 spiro atoms. The van der Waals surface area contributed by atoms with Gasteiger partial charge in [-0.1, -0.05) is 18.5 Å². The van der Waals surface area contributed by atoms with Crippen molar-refractivity contribution in [1.82, 2.24) is 0 Å². The van der Waals surface area contributed by atoms with E-state index in [0.29, 0.717) is 30.5 Å². The summed E-state index contributed by atoms with van der Waals surface area (Å²) in [5.41, 5.74) is 7.94. The van der Waals surface area contributed by atoms with Crippen LogP contribution in [0, 0.1) is 0 Å². The molecule has 0 saturated heterocycles. The second kappa shape index (κ2) is 5.61. The van der Waals surface area contributed by atoms with Crippen molar-refractivity contribution < 1.29 is 9.47 Å². The lowest BCUT2D eigenvalue weighted by atomic mass is 9.99. The molecule has 0 saturated carbocycles. The smallest absolute Gasteiger partial charge is 0.180 e. The van der Waals surface area contributed by atoms with Gasteiger partial charge in [-0.2, -0.15) is 0 Å². The molecule has 17 heavy (non-hydrogen) atoms. The number of fused-ring (bicyclic) bond motifs is 1. The number of nitrogens with two attached hydrogens (primary N) is 1. The van der Waals surface area contributed by atoms with Crippen molar-refractivity contribution in [2.75, 3.05) is 19.8 Å². The molecule has 3 nitrogen and oxygen atoms in total. The highest BCUT2D eigenvalue weighted by molar-refractivity contribution is 6.33. The molecule has 0 atom stereocenters. The molecule has 0 bridgehead atoms. The van der Waals surface area contributed by atoms with Crippen molar-refractivity contribution in [1.29, 1.82) is 0 Å². The van der Waals surface area contributed by atoms with Gasteiger partial charge in [0.2, 0.25) is 0 Å². The van der Waals surface area contributed by atoms with Crippen LogP contribution < -0.4 is 15.2 Å². The zero-order valence-corrected chi connectivity index (χ0v) is 10.8. The molecule has 0 aromatic heterocycles. The van der Waals surface area contributed by atoms with Crippen LogP contribution in [0.2, 0.25) is 5.02 Å². The van der Waals surface area contributed by atoms with Crippen molar-refractivity contribution in [2.24, 2.45) is 5.73 Å². The van der Waals surface area contributed by atoms with E-state index in [1.54, 1.807) is 0 Å². The number of hydrogen-bond acceptors (Lipinski definition) is 3. The Morgan fingerprint density at radius 3 is 2.82 bits per heavy atom. The average Bonchev–Trinajstić information content (AvgIpc) is 2.36. The average molecular weight is 256 g/mol. The van der Waals surface area contributed by atoms with Gasteiger partial charge in [-0.15, -0.1) is 0 Å². The van der Waals surface area contributed by atoms with E-state index >= 15 is 0 Å². The summed E-state index contributed by atoms with van der Waals surface area (Å²) in [6.45, 7) is 3.95. The Morgan fingerprint density at radius 1 is 1.35 bits per heavy atom. The predicted octanol–water partition coefficient (Wildman–Crippen LogP) is 2.56. The van der Waals surface area contributed by atoms with Crippen molar-refractivity contribution in [3.63, 3.8) is 0 Å². The maximum Gasteiger partial charge on any atom is 0.180 e. The lowest BCUT2D eigenvalue weighted by Gasteiger charge is -2.22. The number of halogens is 1. The highest BCUT2D eigenvalue weighted by atomic mass is 35.5. The number of ether oxygens (including phenoxy) is 2. The Kier molecular flexibility index (Phi) is 4.13. The van der Waals surface area contributed by atoms with E-state index in [2.05, 4.69) is 13.0 Å². The van der Waals surface area contributed by atoms with Gasteiger partial charge in [0.05, 0.1) is 5.02 Å². The van der Waals surface area contributed by atoms with Crippen LogP contribution in [-0.4, -0.2) is 19.8 Å². The van der Waals surface area contributed by atoms with Gasteiger partial charge in [-0.05, 0) is 43.0 Å². The number of aryl methyl sites for hydroxylation is 1. The Bertz CT molecular complexity index is 407. The molecule has 1 aliphatic rings. The Hall–Kier alpha value is -0.930. The van der Waals surface area contributed by atoms with Crippen LogP contribution in [-0.2, 0) is 12.8 Å². The predicted molar refractivity (Wildman–Crippen MR) is 69.2 cm³/mol. The Balaban J connectivity index is 2.40. The third kappa shape index (κ3) is 2.50. The van der Waals surface area contributed by atoms with Crippen LogP contribution in [0.3, 0.4) is 0 Å². The van der Waals surface area contributed by atoms with Crippen LogP contribution in [0.5, 0.6) is 11.5 Å². The molecule has 1 heterocycles. The minimum Gasteiger partial charge on any atom is -0.486 e. The van der Waals surface area contributed by atoms with Crippen LogP contribution >= 0.6 is 11.6 Å². The van der Waals surface area contributed by atoms with E-state index in [-0.39, 0.29) is 0 Å². The van der Waals surface area contributed by atoms with E-state index in [4.69, 9.17) is 26.8 Å². The highest BCUT2D eigenvalue weighted by Crippen LogP contribution is 2.41. The first kappa shape index (κ1) is 12.5. The first-order valence-electron chi connectivity index (χ1n) is 6.07. The van der Waals surface area contributed by atoms with Crippen LogP contribution in [0.1, 0.15) is 24.5 Å². The first-order valence-corrected chi connectivity index (χ1v) is 6.45. The van der Waals surface area contributed by atoms with Gasteiger partial charge in [0, 0.05) is 0 Å². The fraction of sp³-hybridized carbons (Fsp3) is 0.538. The molecular formula is C13H18ClNO2. The molecule has 1 aromatic rings. The minimum absolute atomic E-state index is 0.567. The SMILES string of the molecule is CCc1c(CCCN)cc2c(c1Cl)OCCO2. The van der Waals surface area contributed by atoms with Crippen LogP contribution in [0.25, 0.3) is 0 Å². The summed E-state index contributed by atoms with van der Waals surface area (Å²) in [5, 5.41) is 0.705. The van der Waals surface area contributed by atoms with Gasteiger partial charge in [-0.25, -0.2) is 0 Å². The van der Waals surface area contributed by atoms with Crippen molar-refractivity contribution in [3.8, 4) is 11.5 Å². The standard InChI is InChI=1S/C13H18ClNO2/c1-2-10-9(4-3-5-15)8-11-13(12(10)14)17-7-6-16-11/h8H,2-7,15H2,1H3. The third-order valence-corrected chi connectivity index (χ3v) is 3.37. The lowest BCUT2D eigenvalue weighted by molar-refractivity contribution is 0.171.